The molecular weight excluding hydrogens is 220 g/mol. The van der Waals surface area contributed by atoms with Crippen LogP contribution in [0, 0.1) is 0 Å². The molecule has 0 heterocycles. The molecule has 17 heavy (non-hydrogen) atoms. The molecule has 1 rings (SSSR count). The quantitative estimate of drug-likeness (QED) is 0.704. The molecule has 0 bridgehead atoms. The first kappa shape index (κ1) is 13.3. The molecule has 0 saturated heterocycles. The Bertz CT molecular complexity index is 368. The van der Waals surface area contributed by atoms with Crippen LogP contribution in [0.2, 0.25) is 0 Å². The van der Waals surface area contributed by atoms with E-state index in [2.05, 4.69) is 10.9 Å². The van der Waals surface area contributed by atoms with Crippen molar-refractivity contribution in [1.82, 2.24) is 10.9 Å². The molecule has 1 amide bonds. The summed E-state index contributed by atoms with van der Waals surface area (Å²) in [5, 5.41) is 9.09. The zero-order chi connectivity index (χ0) is 12.9. The number of phenolic OH excluding ortho intramolecular Hbond substituents is 1. The Morgan fingerprint density at radius 3 is 2.41 bits per heavy atom. The van der Waals surface area contributed by atoms with Gasteiger partial charge in [-0.3, -0.25) is 5.43 Å². The molecule has 1 aromatic carbocycles. The average molecular weight is 238 g/mol. The smallest absolute Gasteiger partial charge is 0.422 e. The van der Waals surface area contributed by atoms with Crippen molar-refractivity contribution in [2.75, 3.05) is 0 Å². The topological polar surface area (TPSA) is 70.6 Å². The number of benzene rings is 1. The van der Waals surface area contributed by atoms with Crippen LogP contribution in [-0.2, 0) is 11.3 Å². The minimum Gasteiger partial charge on any atom is -0.508 e. The number of ether oxygens (including phenoxy) is 1. The lowest BCUT2D eigenvalue weighted by Crippen LogP contribution is -2.40. The second kappa shape index (κ2) is 5.54. The van der Waals surface area contributed by atoms with Gasteiger partial charge in [-0.1, -0.05) is 12.1 Å². The van der Waals surface area contributed by atoms with E-state index in [1.807, 2.05) is 0 Å². The highest BCUT2D eigenvalue weighted by Crippen LogP contribution is 2.09. The van der Waals surface area contributed by atoms with E-state index in [1.54, 1.807) is 45.0 Å². The van der Waals surface area contributed by atoms with Gasteiger partial charge in [0.25, 0.3) is 0 Å². The van der Waals surface area contributed by atoms with Gasteiger partial charge in [0, 0.05) is 6.54 Å². The van der Waals surface area contributed by atoms with Crippen LogP contribution in [0.1, 0.15) is 26.3 Å². The molecule has 0 aliphatic heterocycles. The number of hydrogen-bond donors (Lipinski definition) is 3. The number of amides is 1. The van der Waals surface area contributed by atoms with Gasteiger partial charge in [0.2, 0.25) is 0 Å². The van der Waals surface area contributed by atoms with Gasteiger partial charge in [0.15, 0.2) is 0 Å². The summed E-state index contributed by atoms with van der Waals surface area (Å²) in [5.41, 5.74) is 5.60. The Labute approximate surface area is 101 Å². The van der Waals surface area contributed by atoms with Crippen LogP contribution in [-0.4, -0.2) is 16.8 Å². The predicted octanol–water partition coefficient (Wildman–Crippen LogP) is 1.92. The van der Waals surface area contributed by atoms with Crippen molar-refractivity contribution < 1.29 is 14.6 Å². The summed E-state index contributed by atoms with van der Waals surface area (Å²) >= 11 is 0. The Hall–Kier alpha value is -1.75. The van der Waals surface area contributed by atoms with E-state index in [9.17, 15) is 4.79 Å². The molecule has 94 valence electrons. The third-order valence-electron chi connectivity index (χ3n) is 1.82. The number of hydrogen-bond acceptors (Lipinski definition) is 4. The number of carbonyl (C=O) groups is 1. The molecule has 5 nitrogen and oxygen atoms in total. The summed E-state index contributed by atoms with van der Waals surface area (Å²) < 4.78 is 5.04. The molecular formula is C12H18N2O3. The summed E-state index contributed by atoms with van der Waals surface area (Å²) in [4.78, 5) is 11.3. The van der Waals surface area contributed by atoms with Crippen LogP contribution in [0.15, 0.2) is 24.3 Å². The summed E-state index contributed by atoms with van der Waals surface area (Å²) in [6, 6.07) is 6.70. The van der Waals surface area contributed by atoms with E-state index in [0.29, 0.717) is 6.54 Å². The lowest BCUT2D eigenvalue weighted by Gasteiger charge is -2.19. The Balaban J connectivity index is 2.28. The molecule has 0 atom stereocenters. The maximum absolute atomic E-state index is 11.3. The van der Waals surface area contributed by atoms with Crippen LogP contribution in [0.5, 0.6) is 5.75 Å². The van der Waals surface area contributed by atoms with Crippen LogP contribution in [0.25, 0.3) is 0 Å². The molecule has 1 aromatic rings. The van der Waals surface area contributed by atoms with Gasteiger partial charge in [0.1, 0.15) is 11.4 Å². The van der Waals surface area contributed by atoms with Crippen LogP contribution < -0.4 is 10.9 Å². The standard InChI is InChI=1S/C12H18N2O3/c1-12(2,3)17-11(16)14-13-8-9-4-6-10(15)7-5-9/h4-7,13,15H,8H2,1-3H3,(H,14,16). The van der Waals surface area contributed by atoms with Crippen LogP contribution in [0.4, 0.5) is 4.79 Å². The van der Waals surface area contributed by atoms with Gasteiger partial charge in [-0.15, -0.1) is 0 Å². The molecule has 0 aliphatic rings. The Morgan fingerprint density at radius 2 is 1.88 bits per heavy atom. The van der Waals surface area contributed by atoms with E-state index >= 15 is 0 Å². The fraction of sp³-hybridized carbons (Fsp3) is 0.417. The lowest BCUT2D eigenvalue weighted by molar-refractivity contribution is 0.0497. The summed E-state index contributed by atoms with van der Waals surface area (Å²) in [7, 11) is 0. The number of rotatable bonds is 3. The van der Waals surface area contributed by atoms with Gasteiger partial charge < -0.3 is 9.84 Å². The molecule has 0 aromatic heterocycles. The Morgan fingerprint density at radius 1 is 1.29 bits per heavy atom. The van der Waals surface area contributed by atoms with Crippen LogP contribution in [0.3, 0.4) is 0 Å². The first-order valence-corrected chi connectivity index (χ1v) is 5.36. The molecule has 5 heteroatoms. The number of hydrazine groups is 1. The number of aromatic hydroxyl groups is 1. The van der Waals surface area contributed by atoms with Crippen molar-refractivity contribution in [1.29, 1.82) is 0 Å². The first-order valence-electron chi connectivity index (χ1n) is 5.36. The molecule has 0 radical (unpaired) electrons. The third kappa shape index (κ3) is 5.77. The van der Waals surface area contributed by atoms with Crippen molar-refractivity contribution in [3.8, 4) is 5.75 Å². The number of carbonyl (C=O) groups excluding carboxylic acids is 1. The predicted molar refractivity (Wildman–Crippen MR) is 64.3 cm³/mol. The van der Waals surface area contributed by atoms with Gasteiger partial charge in [-0.25, -0.2) is 10.2 Å². The van der Waals surface area contributed by atoms with Crippen molar-refractivity contribution in [3.63, 3.8) is 0 Å². The van der Waals surface area contributed by atoms with Crippen molar-refractivity contribution in [2.45, 2.75) is 32.9 Å². The Kier molecular flexibility index (Phi) is 4.34. The van der Waals surface area contributed by atoms with E-state index in [-0.39, 0.29) is 5.75 Å². The molecule has 0 aliphatic carbocycles. The third-order valence-corrected chi connectivity index (χ3v) is 1.82. The van der Waals surface area contributed by atoms with Gasteiger partial charge in [-0.05, 0) is 38.5 Å². The number of nitrogens with one attached hydrogen (secondary N) is 2. The van der Waals surface area contributed by atoms with Gasteiger partial charge in [0.05, 0.1) is 0 Å². The second-order valence-corrected chi connectivity index (χ2v) is 4.65. The summed E-state index contributed by atoms with van der Waals surface area (Å²) in [6.45, 7) is 5.85. The van der Waals surface area contributed by atoms with E-state index in [0.717, 1.165) is 5.56 Å². The SMILES string of the molecule is CC(C)(C)OC(=O)NNCc1ccc(O)cc1. The van der Waals surface area contributed by atoms with Crippen molar-refractivity contribution >= 4 is 6.09 Å². The normalized spacial score (nSPS) is 11.0. The minimum absolute atomic E-state index is 0.217. The zero-order valence-electron chi connectivity index (χ0n) is 10.3. The first-order chi connectivity index (χ1) is 7.87. The molecule has 3 N–H and O–H groups in total. The van der Waals surface area contributed by atoms with E-state index in [1.165, 1.54) is 0 Å². The maximum atomic E-state index is 11.3. The molecule has 0 unspecified atom stereocenters. The monoisotopic (exact) mass is 238 g/mol. The highest BCUT2D eigenvalue weighted by Gasteiger charge is 2.15. The van der Waals surface area contributed by atoms with E-state index < -0.39 is 11.7 Å². The van der Waals surface area contributed by atoms with Crippen molar-refractivity contribution in [3.05, 3.63) is 29.8 Å². The maximum Gasteiger partial charge on any atom is 0.422 e. The fourth-order valence-electron chi connectivity index (χ4n) is 1.14. The number of phenols is 1. The summed E-state index contributed by atoms with van der Waals surface area (Å²) in [5.74, 6) is 0.217. The van der Waals surface area contributed by atoms with E-state index in [4.69, 9.17) is 9.84 Å². The highest BCUT2D eigenvalue weighted by molar-refractivity contribution is 5.66. The van der Waals surface area contributed by atoms with Gasteiger partial charge >= 0.3 is 6.09 Å². The van der Waals surface area contributed by atoms with Crippen LogP contribution >= 0.6 is 0 Å². The molecule has 0 spiro atoms. The molecule has 0 saturated carbocycles. The largest absolute Gasteiger partial charge is 0.508 e. The fourth-order valence-corrected chi connectivity index (χ4v) is 1.14. The zero-order valence-corrected chi connectivity index (χ0v) is 10.3. The van der Waals surface area contributed by atoms with Gasteiger partial charge in [-0.2, -0.15) is 0 Å². The highest BCUT2D eigenvalue weighted by atomic mass is 16.6. The molecule has 0 fully saturated rings. The minimum atomic E-state index is -0.517. The average Bonchev–Trinajstić information content (AvgIpc) is 2.18. The summed E-state index contributed by atoms with van der Waals surface area (Å²) in [6.07, 6.45) is -0.517. The second-order valence-electron chi connectivity index (χ2n) is 4.65. The lowest BCUT2D eigenvalue weighted by atomic mass is 10.2. The van der Waals surface area contributed by atoms with Crippen molar-refractivity contribution in [2.24, 2.45) is 0 Å².